The van der Waals surface area contributed by atoms with E-state index in [1.807, 2.05) is 4.90 Å². The number of alkyl halides is 2. The number of halogens is 2. The SMILES string of the molecule is O=C1CC(C(=O)N2CC[C@H](Oc3cc(-n4c(C(F)F)nc5ccccc54)nc(N4CCOCC4)n3)C2)CCN1. The van der Waals surface area contributed by atoms with Gasteiger partial charge in [-0.15, -0.1) is 0 Å². The third kappa shape index (κ3) is 5.22. The normalized spacial score (nSPS) is 22.0. The van der Waals surface area contributed by atoms with E-state index in [1.165, 1.54) is 4.57 Å². The van der Waals surface area contributed by atoms with Gasteiger partial charge in [-0.2, -0.15) is 9.97 Å². The molecule has 3 aromatic rings. The quantitative estimate of drug-likeness (QED) is 0.505. The minimum absolute atomic E-state index is 0.0419. The van der Waals surface area contributed by atoms with Gasteiger partial charge < -0.3 is 24.6 Å². The predicted octanol–water partition coefficient (Wildman–Crippen LogP) is 2.10. The molecule has 1 N–H and O–H groups in total. The lowest BCUT2D eigenvalue weighted by atomic mass is 9.96. The zero-order chi connectivity index (χ0) is 26.9. The molecule has 39 heavy (non-hydrogen) atoms. The second-order valence-corrected chi connectivity index (χ2v) is 9.91. The fourth-order valence-electron chi connectivity index (χ4n) is 5.36. The maximum Gasteiger partial charge on any atom is 0.296 e. The summed E-state index contributed by atoms with van der Waals surface area (Å²) in [4.78, 5) is 41.8. The zero-order valence-corrected chi connectivity index (χ0v) is 21.3. The van der Waals surface area contributed by atoms with Crippen molar-refractivity contribution in [1.29, 1.82) is 0 Å². The topological polar surface area (TPSA) is 115 Å². The van der Waals surface area contributed by atoms with Gasteiger partial charge in [0.2, 0.25) is 23.6 Å². The number of amides is 2. The Hall–Kier alpha value is -3.87. The molecule has 3 aliphatic rings. The van der Waals surface area contributed by atoms with Crippen molar-refractivity contribution in [1.82, 2.24) is 29.7 Å². The molecule has 3 fully saturated rings. The number of piperidine rings is 1. The summed E-state index contributed by atoms with van der Waals surface area (Å²) in [5.41, 5.74) is 0.933. The number of morpholine rings is 1. The molecule has 6 rings (SSSR count). The van der Waals surface area contributed by atoms with Crippen LogP contribution in [0.5, 0.6) is 5.88 Å². The number of benzene rings is 1. The van der Waals surface area contributed by atoms with Gasteiger partial charge in [0.15, 0.2) is 5.82 Å². The average molecular weight is 542 g/mol. The van der Waals surface area contributed by atoms with Crippen LogP contribution in [0, 0.1) is 5.92 Å². The minimum Gasteiger partial charge on any atom is -0.472 e. The van der Waals surface area contributed by atoms with Gasteiger partial charge in [0.05, 0.1) is 30.8 Å². The molecule has 3 aliphatic heterocycles. The second-order valence-electron chi connectivity index (χ2n) is 9.91. The van der Waals surface area contributed by atoms with Crippen molar-refractivity contribution in [3.8, 4) is 11.7 Å². The Morgan fingerprint density at radius 3 is 2.72 bits per heavy atom. The van der Waals surface area contributed by atoms with Crippen molar-refractivity contribution in [2.75, 3.05) is 50.8 Å². The van der Waals surface area contributed by atoms with Gasteiger partial charge in [0, 0.05) is 51.0 Å². The third-order valence-electron chi connectivity index (χ3n) is 7.32. The van der Waals surface area contributed by atoms with Crippen LogP contribution in [0.25, 0.3) is 16.9 Å². The summed E-state index contributed by atoms with van der Waals surface area (Å²) < 4.78 is 41.2. The maximum atomic E-state index is 14.1. The van der Waals surface area contributed by atoms with Crippen molar-refractivity contribution in [2.45, 2.75) is 31.8 Å². The molecular formula is C26H29F2N7O4. The largest absolute Gasteiger partial charge is 0.472 e. The summed E-state index contributed by atoms with van der Waals surface area (Å²) in [7, 11) is 0. The number of ether oxygens (including phenoxy) is 2. The summed E-state index contributed by atoms with van der Waals surface area (Å²) in [5, 5.41) is 2.76. The van der Waals surface area contributed by atoms with Gasteiger partial charge in [-0.3, -0.25) is 14.2 Å². The van der Waals surface area contributed by atoms with Crippen molar-refractivity contribution in [2.24, 2.45) is 5.92 Å². The highest BCUT2D eigenvalue weighted by Gasteiger charge is 2.34. The van der Waals surface area contributed by atoms with Crippen LogP contribution in [0.3, 0.4) is 0 Å². The number of hydrogen-bond donors (Lipinski definition) is 1. The van der Waals surface area contributed by atoms with Gasteiger partial charge in [-0.1, -0.05) is 12.1 Å². The highest BCUT2D eigenvalue weighted by Crippen LogP contribution is 2.30. The van der Waals surface area contributed by atoms with Crippen LogP contribution in [0.15, 0.2) is 30.3 Å². The number of carbonyl (C=O) groups is 2. The van der Waals surface area contributed by atoms with Crippen molar-refractivity contribution in [3.63, 3.8) is 0 Å². The summed E-state index contributed by atoms with van der Waals surface area (Å²) in [6.07, 6.45) is -1.74. The van der Waals surface area contributed by atoms with E-state index < -0.39 is 12.2 Å². The number of nitrogens with one attached hydrogen (secondary N) is 1. The first kappa shape index (κ1) is 25.4. The van der Waals surface area contributed by atoms with Crippen LogP contribution in [0.1, 0.15) is 31.5 Å². The standard InChI is InChI=1S/C26H29F2N7O4/c27-23(28)24-30-18-3-1-2-4-19(18)35(24)20-14-22(32-26(31-20)33-9-11-38-12-10-33)39-17-6-8-34(15-17)25(37)16-5-7-29-21(36)13-16/h1-4,14,16-17,23H,5-13,15H2,(H,29,36)/t16?,17-/m0/s1. The maximum absolute atomic E-state index is 14.1. The zero-order valence-electron chi connectivity index (χ0n) is 21.3. The van der Waals surface area contributed by atoms with Gasteiger partial charge in [-0.25, -0.2) is 13.8 Å². The van der Waals surface area contributed by atoms with Crippen LogP contribution >= 0.6 is 0 Å². The van der Waals surface area contributed by atoms with Gasteiger partial charge in [-0.05, 0) is 18.6 Å². The Bertz CT molecular complexity index is 1380. The van der Waals surface area contributed by atoms with Crippen LogP contribution < -0.4 is 15.0 Å². The van der Waals surface area contributed by atoms with Crippen LogP contribution in [-0.4, -0.2) is 88.3 Å². The lowest BCUT2D eigenvalue weighted by Crippen LogP contribution is -2.42. The van der Waals surface area contributed by atoms with E-state index in [-0.39, 0.29) is 42.0 Å². The Kier molecular flexibility index (Phi) is 6.98. The molecule has 11 nitrogen and oxygen atoms in total. The molecule has 3 saturated heterocycles. The molecule has 1 unspecified atom stereocenters. The molecule has 2 atom stereocenters. The van der Waals surface area contributed by atoms with Crippen LogP contribution in [0.2, 0.25) is 0 Å². The summed E-state index contributed by atoms with van der Waals surface area (Å²) in [6.45, 7) is 3.47. The fourth-order valence-corrected chi connectivity index (χ4v) is 5.36. The van der Waals surface area contributed by atoms with E-state index in [0.29, 0.717) is 75.8 Å². The number of likely N-dealkylation sites (tertiary alicyclic amines) is 1. The summed E-state index contributed by atoms with van der Waals surface area (Å²) >= 11 is 0. The number of anilines is 1. The molecule has 0 bridgehead atoms. The molecule has 13 heteroatoms. The number of aromatic nitrogens is 4. The lowest BCUT2D eigenvalue weighted by Gasteiger charge is -2.28. The Morgan fingerprint density at radius 2 is 1.92 bits per heavy atom. The van der Waals surface area contributed by atoms with Crippen molar-refractivity contribution in [3.05, 3.63) is 36.2 Å². The molecule has 0 spiro atoms. The molecule has 0 radical (unpaired) electrons. The van der Waals surface area contributed by atoms with Crippen LogP contribution in [0.4, 0.5) is 14.7 Å². The van der Waals surface area contributed by atoms with Gasteiger partial charge in [0.1, 0.15) is 11.9 Å². The first-order chi connectivity index (χ1) is 19.0. The Labute approximate surface area is 223 Å². The monoisotopic (exact) mass is 541 g/mol. The molecule has 0 aliphatic carbocycles. The molecule has 0 saturated carbocycles. The van der Waals surface area contributed by atoms with Crippen molar-refractivity contribution >= 4 is 28.8 Å². The van der Waals surface area contributed by atoms with E-state index in [1.54, 1.807) is 35.2 Å². The highest BCUT2D eigenvalue weighted by molar-refractivity contribution is 5.87. The molecule has 1 aromatic carbocycles. The smallest absolute Gasteiger partial charge is 0.296 e. The fraction of sp³-hybridized carbons (Fsp3) is 0.500. The third-order valence-corrected chi connectivity index (χ3v) is 7.32. The number of fused-ring (bicyclic) bond motifs is 1. The first-order valence-electron chi connectivity index (χ1n) is 13.2. The minimum atomic E-state index is -2.82. The van der Waals surface area contributed by atoms with E-state index in [0.717, 1.165) is 0 Å². The van der Waals surface area contributed by atoms with Crippen LogP contribution in [-0.2, 0) is 14.3 Å². The van der Waals surface area contributed by atoms with E-state index in [9.17, 15) is 18.4 Å². The number of imidazole rings is 1. The van der Waals surface area contributed by atoms with E-state index >= 15 is 0 Å². The Balaban J connectivity index is 1.29. The number of hydrogen-bond acceptors (Lipinski definition) is 8. The van der Waals surface area contributed by atoms with Gasteiger partial charge in [0.25, 0.3) is 6.43 Å². The first-order valence-corrected chi connectivity index (χ1v) is 13.2. The van der Waals surface area contributed by atoms with Crippen molar-refractivity contribution < 1.29 is 27.8 Å². The molecule has 2 aromatic heterocycles. The second kappa shape index (κ2) is 10.7. The summed E-state index contributed by atoms with van der Waals surface area (Å²) in [5.74, 6) is -0.0737. The van der Waals surface area contributed by atoms with E-state index in [2.05, 4.69) is 20.3 Å². The molecule has 206 valence electrons. The molecular weight excluding hydrogens is 512 g/mol. The number of carbonyl (C=O) groups excluding carboxylic acids is 2. The lowest BCUT2D eigenvalue weighted by molar-refractivity contribution is -0.139. The number of para-hydroxylation sites is 2. The summed E-state index contributed by atoms with van der Waals surface area (Å²) in [6, 6.07) is 8.45. The van der Waals surface area contributed by atoms with E-state index in [4.69, 9.17) is 9.47 Å². The van der Waals surface area contributed by atoms with Gasteiger partial charge >= 0.3 is 0 Å². The number of nitrogens with zero attached hydrogens (tertiary/aromatic N) is 6. The predicted molar refractivity (Wildman–Crippen MR) is 136 cm³/mol. The molecule has 2 amide bonds. The average Bonchev–Trinajstić information content (AvgIpc) is 3.58. The molecule has 5 heterocycles. The number of rotatable bonds is 6. The highest BCUT2D eigenvalue weighted by atomic mass is 19.3. The Morgan fingerprint density at radius 1 is 1.10 bits per heavy atom.